The minimum Gasteiger partial charge on any atom is -0.356 e. The number of thiazole rings is 1. The highest BCUT2D eigenvalue weighted by atomic mass is 32.1. The first-order chi connectivity index (χ1) is 10.1. The van der Waals surface area contributed by atoms with Crippen LogP contribution in [-0.4, -0.2) is 41.3 Å². The molecule has 0 atom stereocenters. The quantitative estimate of drug-likeness (QED) is 0.865. The summed E-state index contributed by atoms with van der Waals surface area (Å²) in [6.07, 6.45) is 4.59. The third-order valence-electron chi connectivity index (χ3n) is 3.67. The number of hydrogen-bond donors (Lipinski definition) is 1. The van der Waals surface area contributed by atoms with Gasteiger partial charge in [-0.1, -0.05) is 12.8 Å². The third kappa shape index (κ3) is 4.52. The van der Waals surface area contributed by atoms with Gasteiger partial charge < -0.3 is 10.2 Å². The standard InChI is InChI=1S/C15H23N3O2S/c1-11-14(21-12(2)17-11)15(20)18-9-6-4-3-5-8-16-13(19)7-10-18/h3-10H2,1-2H3,(H,16,19). The zero-order valence-corrected chi connectivity index (χ0v) is 13.6. The molecular formula is C15H23N3O2S. The molecule has 1 N–H and O–H groups in total. The van der Waals surface area contributed by atoms with E-state index >= 15 is 0 Å². The zero-order chi connectivity index (χ0) is 15.2. The molecule has 2 amide bonds. The van der Waals surface area contributed by atoms with Crippen LogP contribution in [0, 0.1) is 13.8 Å². The molecule has 0 aliphatic carbocycles. The average molecular weight is 309 g/mol. The summed E-state index contributed by atoms with van der Waals surface area (Å²) in [7, 11) is 0. The number of nitrogens with zero attached hydrogens (tertiary/aromatic N) is 2. The molecule has 1 saturated heterocycles. The van der Waals surface area contributed by atoms with E-state index in [-0.39, 0.29) is 11.8 Å². The second-order valence-corrected chi connectivity index (χ2v) is 6.66. The molecule has 0 radical (unpaired) electrons. The van der Waals surface area contributed by atoms with E-state index in [1.165, 1.54) is 11.3 Å². The topological polar surface area (TPSA) is 62.3 Å². The monoisotopic (exact) mass is 309 g/mol. The van der Waals surface area contributed by atoms with E-state index in [0.29, 0.717) is 17.8 Å². The van der Waals surface area contributed by atoms with Crippen molar-refractivity contribution >= 4 is 23.2 Å². The maximum atomic E-state index is 12.7. The molecule has 0 bridgehead atoms. The van der Waals surface area contributed by atoms with Crippen molar-refractivity contribution in [2.45, 2.75) is 46.0 Å². The fraction of sp³-hybridized carbons (Fsp3) is 0.667. The Morgan fingerprint density at radius 2 is 1.95 bits per heavy atom. The molecule has 1 aliphatic heterocycles. The second kappa shape index (κ2) is 7.54. The Balaban J connectivity index is 2.08. The molecule has 2 rings (SSSR count). The lowest BCUT2D eigenvalue weighted by molar-refractivity contribution is -0.121. The highest BCUT2D eigenvalue weighted by molar-refractivity contribution is 7.13. The van der Waals surface area contributed by atoms with E-state index in [1.54, 1.807) is 0 Å². The van der Waals surface area contributed by atoms with Crippen molar-refractivity contribution in [2.24, 2.45) is 0 Å². The van der Waals surface area contributed by atoms with Crippen molar-refractivity contribution < 1.29 is 9.59 Å². The van der Waals surface area contributed by atoms with Gasteiger partial charge in [0.25, 0.3) is 5.91 Å². The van der Waals surface area contributed by atoms with Gasteiger partial charge >= 0.3 is 0 Å². The lowest BCUT2D eigenvalue weighted by atomic mass is 10.2. The molecular weight excluding hydrogens is 286 g/mol. The molecule has 1 aliphatic rings. The fourth-order valence-electron chi connectivity index (χ4n) is 2.52. The SMILES string of the molecule is Cc1nc(C)c(C(=O)N2CCCCCCNC(=O)CC2)s1. The van der Waals surface area contributed by atoms with Crippen molar-refractivity contribution in [3.05, 3.63) is 15.6 Å². The van der Waals surface area contributed by atoms with Crippen LogP contribution >= 0.6 is 11.3 Å². The number of hydrogen-bond acceptors (Lipinski definition) is 4. The van der Waals surface area contributed by atoms with Gasteiger partial charge in [0.15, 0.2) is 0 Å². The number of carbonyl (C=O) groups excluding carboxylic acids is 2. The summed E-state index contributed by atoms with van der Waals surface area (Å²) in [5.74, 6) is 0.0528. The van der Waals surface area contributed by atoms with E-state index in [0.717, 1.165) is 49.5 Å². The summed E-state index contributed by atoms with van der Waals surface area (Å²) >= 11 is 1.44. The van der Waals surface area contributed by atoms with E-state index in [4.69, 9.17) is 0 Å². The summed E-state index contributed by atoms with van der Waals surface area (Å²) in [5, 5.41) is 3.82. The van der Waals surface area contributed by atoms with Gasteiger partial charge in [0.1, 0.15) is 4.88 Å². The molecule has 2 heterocycles. The van der Waals surface area contributed by atoms with Gasteiger partial charge in [0.05, 0.1) is 10.7 Å². The van der Waals surface area contributed by atoms with Gasteiger partial charge in [-0.3, -0.25) is 9.59 Å². The number of nitrogens with one attached hydrogen (secondary N) is 1. The molecule has 1 fully saturated rings. The molecule has 6 heteroatoms. The summed E-state index contributed by atoms with van der Waals surface area (Å²) in [6.45, 7) is 5.74. The van der Waals surface area contributed by atoms with Crippen molar-refractivity contribution in [2.75, 3.05) is 19.6 Å². The largest absolute Gasteiger partial charge is 0.356 e. The Hall–Kier alpha value is -1.43. The minimum atomic E-state index is 0.0187. The molecule has 116 valence electrons. The molecule has 1 aromatic heterocycles. The van der Waals surface area contributed by atoms with E-state index in [2.05, 4.69) is 10.3 Å². The first kappa shape index (κ1) is 15.9. The normalized spacial score (nSPS) is 18.0. The number of aryl methyl sites for hydroxylation is 2. The van der Waals surface area contributed by atoms with E-state index in [1.807, 2.05) is 18.7 Å². The minimum absolute atomic E-state index is 0.0187. The van der Waals surface area contributed by atoms with Crippen LogP contribution in [0.4, 0.5) is 0 Å². The third-order valence-corrected chi connectivity index (χ3v) is 4.73. The summed E-state index contributed by atoms with van der Waals surface area (Å²) in [5.41, 5.74) is 0.793. The zero-order valence-electron chi connectivity index (χ0n) is 12.8. The molecule has 0 aromatic carbocycles. The predicted octanol–water partition coefficient (Wildman–Crippen LogP) is 2.28. The smallest absolute Gasteiger partial charge is 0.265 e. The van der Waals surface area contributed by atoms with Crippen LogP contribution in [0.25, 0.3) is 0 Å². The Kier molecular flexibility index (Phi) is 5.73. The first-order valence-electron chi connectivity index (χ1n) is 7.58. The van der Waals surface area contributed by atoms with Crippen LogP contribution in [0.15, 0.2) is 0 Å². The molecule has 0 saturated carbocycles. The number of amides is 2. The summed E-state index contributed by atoms with van der Waals surface area (Å²) in [4.78, 5) is 31.2. The highest BCUT2D eigenvalue weighted by Crippen LogP contribution is 2.20. The molecule has 21 heavy (non-hydrogen) atoms. The Morgan fingerprint density at radius 1 is 1.19 bits per heavy atom. The lowest BCUT2D eigenvalue weighted by Gasteiger charge is -2.21. The second-order valence-electron chi connectivity index (χ2n) is 5.45. The van der Waals surface area contributed by atoms with Crippen molar-refractivity contribution in [1.29, 1.82) is 0 Å². The van der Waals surface area contributed by atoms with Crippen LogP contribution in [0.2, 0.25) is 0 Å². The predicted molar refractivity (Wildman–Crippen MR) is 83.6 cm³/mol. The molecule has 1 aromatic rings. The Morgan fingerprint density at radius 3 is 2.67 bits per heavy atom. The van der Waals surface area contributed by atoms with Crippen LogP contribution in [0.1, 0.15) is 52.5 Å². The maximum Gasteiger partial charge on any atom is 0.265 e. The number of aromatic nitrogens is 1. The van der Waals surface area contributed by atoms with Crippen molar-refractivity contribution in [3.63, 3.8) is 0 Å². The molecule has 0 unspecified atom stereocenters. The number of rotatable bonds is 1. The van der Waals surface area contributed by atoms with Crippen LogP contribution in [-0.2, 0) is 4.79 Å². The summed E-state index contributed by atoms with van der Waals surface area (Å²) < 4.78 is 0. The van der Waals surface area contributed by atoms with Crippen molar-refractivity contribution in [3.8, 4) is 0 Å². The first-order valence-corrected chi connectivity index (χ1v) is 8.39. The molecule has 5 nitrogen and oxygen atoms in total. The van der Waals surface area contributed by atoms with Gasteiger partial charge in [-0.15, -0.1) is 11.3 Å². The van der Waals surface area contributed by atoms with Gasteiger partial charge in [-0.05, 0) is 26.7 Å². The Labute approximate surface area is 129 Å². The van der Waals surface area contributed by atoms with E-state index < -0.39 is 0 Å². The molecule has 0 spiro atoms. The average Bonchev–Trinajstić information content (AvgIpc) is 2.76. The van der Waals surface area contributed by atoms with Crippen LogP contribution < -0.4 is 5.32 Å². The fourth-order valence-corrected chi connectivity index (χ4v) is 3.41. The van der Waals surface area contributed by atoms with Crippen LogP contribution in [0.5, 0.6) is 0 Å². The maximum absolute atomic E-state index is 12.7. The lowest BCUT2D eigenvalue weighted by Crippen LogP contribution is -2.35. The van der Waals surface area contributed by atoms with Gasteiger partial charge in [-0.2, -0.15) is 0 Å². The Bertz CT molecular complexity index is 513. The van der Waals surface area contributed by atoms with Crippen molar-refractivity contribution in [1.82, 2.24) is 15.2 Å². The van der Waals surface area contributed by atoms with E-state index in [9.17, 15) is 9.59 Å². The number of carbonyl (C=O) groups is 2. The van der Waals surface area contributed by atoms with Gasteiger partial charge in [0, 0.05) is 26.1 Å². The highest BCUT2D eigenvalue weighted by Gasteiger charge is 2.21. The van der Waals surface area contributed by atoms with Gasteiger partial charge in [0.2, 0.25) is 5.91 Å². The van der Waals surface area contributed by atoms with Crippen LogP contribution in [0.3, 0.4) is 0 Å². The van der Waals surface area contributed by atoms with Gasteiger partial charge in [-0.25, -0.2) is 4.98 Å². The summed E-state index contributed by atoms with van der Waals surface area (Å²) in [6, 6.07) is 0.